The molecule has 0 spiro atoms. The lowest BCUT2D eigenvalue weighted by Gasteiger charge is -2.22. The number of allylic oxidation sites excluding steroid dienone is 9. The molecule has 0 N–H and O–H groups in total. The van der Waals surface area contributed by atoms with Gasteiger partial charge in [0.1, 0.15) is 0 Å². The van der Waals surface area contributed by atoms with Crippen LogP contribution in [0.15, 0.2) is 60.3 Å². The molecule has 0 radical (unpaired) electrons. The van der Waals surface area contributed by atoms with E-state index in [-0.39, 0.29) is 0 Å². The van der Waals surface area contributed by atoms with E-state index in [0.717, 1.165) is 0 Å². The zero-order chi connectivity index (χ0) is 12.5. The molecule has 92 valence electrons. The Kier molecular flexibility index (Phi) is 6.39. The first-order valence-electron chi connectivity index (χ1n) is 6.64. The van der Waals surface area contributed by atoms with Gasteiger partial charge in [-0.25, -0.2) is 0 Å². The largest absolute Gasteiger partial charge is 0.0991 e. The van der Waals surface area contributed by atoms with Gasteiger partial charge in [0.25, 0.3) is 0 Å². The Morgan fingerprint density at radius 3 is 2.88 bits per heavy atom. The van der Waals surface area contributed by atoms with Gasteiger partial charge < -0.3 is 0 Å². The summed E-state index contributed by atoms with van der Waals surface area (Å²) in [5, 5.41) is 0. The molecule has 0 bridgehead atoms. The van der Waals surface area contributed by atoms with E-state index in [0.29, 0.717) is 5.92 Å². The van der Waals surface area contributed by atoms with Crippen molar-refractivity contribution in [2.24, 2.45) is 5.92 Å². The molecule has 0 heteroatoms. The highest BCUT2D eigenvalue weighted by Crippen LogP contribution is 2.31. The van der Waals surface area contributed by atoms with Crippen molar-refractivity contribution in [3.05, 3.63) is 60.3 Å². The van der Waals surface area contributed by atoms with Gasteiger partial charge in [-0.3, -0.25) is 0 Å². The Balaban J connectivity index is 2.96. The smallest absolute Gasteiger partial charge is 0.00511 e. The van der Waals surface area contributed by atoms with Crippen LogP contribution in [0.3, 0.4) is 0 Å². The van der Waals surface area contributed by atoms with Crippen LogP contribution in [0.4, 0.5) is 0 Å². The Labute approximate surface area is 106 Å². The molecule has 1 unspecified atom stereocenters. The van der Waals surface area contributed by atoms with E-state index in [9.17, 15) is 0 Å². The molecule has 1 aliphatic rings. The standard InChI is InChI=1S/C17H24/c1-4-10-15(11-5-2)17(12-6-3)16-13-8-7-9-14-16/h4-5,7-8,10-11,13,17H,1,6,9,12,14H2,2-3H3/b11-5-,15-10+. The zero-order valence-corrected chi connectivity index (χ0v) is 11.2. The fraction of sp³-hybridized carbons (Fsp3) is 0.412. The van der Waals surface area contributed by atoms with Crippen LogP contribution in [0.1, 0.15) is 39.5 Å². The molecule has 0 saturated heterocycles. The molecule has 0 saturated carbocycles. The predicted molar refractivity (Wildman–Crippen MR) is 77.9 cm³/mol. The second-order valence-corrected chi connectivity index (χ2v) is 4.45. The third-order valence-corrected chi connectivity index (χ3v) is 3.14. The maximum Gasteiger partial charge on any atom is 0.00511 e. The van der Waals surface area contributed by atoms with E-state index in [1.165, 1.54) is 31.3 Å². The van der Waals surface area contributed by atoms with Gasteiger partial charge in [-0.2, -0.15) is 0 Å². The maximum atomic E-state index is 3.83. The number of hydrogen-bond acceptors (Lipinski definition) is 0. The van der Waals surface area contributed by atoms with E-state index < -0.39 is 0 Å². The lowest BCUT2D eigenvalue weighted by Crippen LogP contribution is -2.08. The van der Waals surface area contributed by atoms with Crippen molar-refractivity contribution in [3.63, 3.8) is 0 Å². The van der Waals surface area contributed by atoms with Crippen LogP contribution in [0.2, 0.25) is 0 Å². The van der Waals surface area contributed by atoms with Gasteiger partial charge in [0, 0.05) is 5.92 Å². The molecule has 0 heterocycles. The summed E-state index contributed by atoms with van der Waals surface area (Å²) in [6, 6.07) is 0. The Morgan fingerprint density at radius 1 is 1.53 bits per heavy atom. The predicted octanol–water partition coefficient (Wildman–Crippen LogP) is 5.37. The van der Waals surface area contributed by atoms with E-state index in [4.69, 9.17) is 0 Å². The summed E-state index contributed by atoms with van der Waals surface area (Å²) in [4.78, 5) is 0. The summed E-state index contributed by atoms with van der Waals surface area (Å²) in [5.74, 6) is 0.569. The molecule has 0 amide bonds. The van der Waals surface area contributed by atoms with Crippen LogP contribution in [0.5, 0.6) is 0 Å². The first kappa shape index (κ1) is 13.8. The second-order valence-electron chi connectivity index (χ2n) is 4.45. The molecule has 0 aromatic heterocycles. The van der Waals surface area contributed by atoms with Crippen LogP contribution in [-0.2, 0) is 0 Å². The van der Waals surface area contributed by atoms with Gasteiger partial charge in [-0.15, -0.1) is 0 Å². The average Bonchev–Trinajstić information content (AvgIpc) is 2.37. The van der Waals surface area contributed by atoms with Gasteiger partial charge in [-0.1, -0.05) is 68.0 Å². The zero-order valence-electron chi connectivity index (χ0n) is 11.2. The van der Waals surface area contributed by atoms with Crippen molar-refractivity contribution >= 4 is 0 Å². The topological polar surface area (TPSA) is 0 Å². The normalized spacial score (nSPS) is 18.2. The van der Waals surface area contributed by atoms with Crippen LogP contribution >= 0.6 is 0 Å². The summed E-state index contributed by atoms with van der Waals surface area (Å²) in [5.41, 5.74) is 2.96. The molecule has 1 aliphatic carbocycles. The van der Waals surface area contributed by atoms with Crippen molar-refractivity contribution in [1.82, 2.24) is 0 Å². The Morgan fingerprint density at radius 2 is 2.35 bits per heavy atom. The highest BCUT2D eigenvalue weighted by Gasteiger charge is 2.16. The van der Waals surface area contributed by atoms with Crippen LogP contribution in [0, 0.1) is 5.92 Å². The quantitative estimate of drug-likeness (QED) is 0.536. The molecule has 0 aromatic rings. The molecule has 0 aliphatic heterocycles. The second kappa shape index (κ2) is 7.89. The highest BCUT2D eigenvalue weighted by molar-refractivity contribution is 5.34. The van der Waals surface area contributed by atoms with E-state index in [2.05, 4.69) is 56.9 Å². The van der Waals surface area contributed by atoms with Gasteiger partial charge in [0.05, 0.1) is 0 Å². The average molecular weight is 228 g/mol. The third kappa shape index (κ3) is 4.22. The molecule has 0 nitrogen and oxygen atoms in total. The van der Waals surface area contributed by atoms with Crippen molar-refractivity contribution in [1.29, 1.82) is 0 Å². The minimum absolute atomic E-state index is 0.569. The van der Waals surface area contributed by atoms with Gasteiger partial charge in [-0.05, 0) is 31.8 Å². The summed E-state index contributed by atoms with van der Waals surface area (Å²) in [6.45, 7) is 8.16. The van der Waals surface area contributed by atoms with Crippen LogP contribution in [-0.4, -0.2) is 0 Å². The van der Waals surface area contributed by atoms with Crippen LogP contribution < -0.4 is 0 Å². The monoisotopic (exact) mass is 228 g/mol. The van der Waals surface area contributed by atoms with E-state index in [1.54, 1.807) is 5.57 Å². The van der Waals surface area contributed by atoms with Crippen molar-refractivity contribution < 1.29 is 0 Å². The molecular weight excluding hydrogens is 204 g/mol. The van der Waals surface area contributed by atoms with Crippen molar-refractivity contribution in [2.75, 3.05) is 0 Å². The molecule has 0 fully saturated rings. The lowest BCUT2D eigenvalue weighted by atomic mass is 9.82. The fourth-order valence-corrected chi connectivity index (χ4v) is 2.38. The number of hydrogen-bond donors (Lipinski definition) is 0. The minimum Gasteiger partial charge on any atom is -0.0991 e. The first-order valence-corrected chi connectivity index (χ1v) is 6.64. The Hall–Kier alpha value is -1.30. The summed E-state index contributed by atoms with van der Waals surface area (Å²) in [6.07, 6.45) is 20.0. The highest BCUT2D eigenvalue weighted by atomic mass is 14.2. The summed E-state index contributed by atoms with van der Waals surface area (Å²) < 4.78 is 0. The van der Waals surface area contributed by atoms with Crippen molar-refractivity contribution in [2.45, 2.75) is 39.5 Å². The van der Waals surface area contributed by atoms with Crippen molar-refractivity contribution in [3.8, 4) is 0 Å². The molecular formula is C17H24. The van der Waals surface area contributed by atoms with Crippen LogP contribution in [0.25, 0.3) is 0 Å². The first-order chi connectivity index (χ1) is 8.33. The lowest BCUT2D eigenvalue weighted by molar-refractivity contribution is 0.610. The molecule has 0 aromatic carbocycles. The maximum absolute atomic E-state index is 3.83. The fourth-order valence-electron chi connectivity index (χ4n) is 2.38. The molecule has 17 heavy (non-hydrogen) atoms. The third-order valence-electron chi connectivity index (χ3n) is 3.14. The molecule has 1 atom stereocenters. The SMILES string of the molecule is C=C/C=C(\C=C/C)C(CCC)C1=CC=CCC1. The van der Waals surface area contributed by atoms with E-state index >= 15 is 0 Å². The summed E-state index contributed by atoms with van der Waals surface area (Å²) in [7, 11) is 0. The number of rotatable bonds is 6. The van der Waals surface area contributed by atoms with Gasteiger partial charge in [0.2, 0.25) is 0 Å². The molecule has 1 rings (SSSR count). The van der Waals surface area contributed by atoms with Gasteiger partial charge in [0.15, 0.2) is 0 Å². The summed E-state index contributed by atoms with van der Waals surface area (Å²) >= 11 is 0. The Bertz CT molecular complexity index is 350. The van der Waals surface area contributed by atoms with E-state index in [1.807, 2.05) is 6.08 Å². The van der Waals surface area contributed by atoms with Gasteiger partial charge >= 0.3 is 0 Å². The minimum atomic E-state index is 0.569.